The van der Waals surface area contributed by atoms with Crippen LogP contribution in [0.4, 0.5) is 19.2 Å². The first kappa shape index (κ1) is 18.9. The highest BCUT2D eigenvalue weighted by Gasteiger charge is 2.38. The molecule has 0 spiro atoms. The molecule has 7 nitrogen and oxygen atoms in total. The van der Waals surface area contributed by atoms with E-state index in [-0.39, 0.29) is 23.0 Å². The van der Waals surface area contributed by atoms with E-state index in [1.807, 2.05) is 0 Å². The lowest BCUT2D eigenvalue weighted by Gasteiger charge is -2.18. The third kappa shape index (κ3) is 3.65. The third-order valence-electron chi connectivity index (χ3n) is 3.42. The van der Waals surface area contributed by atoms with Crippen LogP contribution in [0.5, 0.6) is 0 Å². The second kappa shape index (κ2) is 6.14. The van der Waals surface area contributed by atoms with E-state index in [0.29, 0.717) is 12.3 Å². The van der Waals surface area contributed by atoms with E-state index in [1.54, 1.807) is 0 Å². The molecule has 136 valence electrons. The molecule has 0 saturated heterocycles. The molecule has 0 aliphatic rings. The van der Waals surface area contributed by atoms with Gasteiger partial charge in [0.15, 0.2) is 9.84 Å². The minimum absolute atomic E-state index is 0.164. The first-order valence-electron chi connectivity index (χ1n) is 6.83. The van der Waals surface area contributed by atoms with Gasteiger partial charge in [0.1, 0.15) is 0 Å². The smallest absolute Gasteiger partial charge is 0.408 e. The predicted molar refractivity (Wildman–Crippen MR) is 81.1 cm³/mol. The van der Waals surface area contributed by atoms with Crippen LogP contribution >= 0.6 is 0 Å². The number of carbonyl (C=O) groups is 1. The summed E-state index contributed by atoms with van der Waals surface area (Å²) in [5.74, 6) is -0.588. The fourth-order valence-corrected chi connectivity index (χ4v) is 3.56. The van der Waals surface area contributed by atoms with Crippen LogP contribution < -0.4 is 4.90 Å². The van der Waals surface area contributed by atoms with Gasteiger partial charge in [0.05, 0.1) is 10.5 Å². The summed E-state index contributed by atoms with van der Waals surface area (Å²) >= 11 is 0. The van der Waals surface area contributed by atoms with E-state index < -0.39 is 32.4 Å². The van der Waals surface area contributed by atoms with Crippen molar-refractivity contribution in [3.05, 3.63) is 34.7 Å². The maximum absolute atomic E-state index is 13.1. The summed E-state index contributed by atoms with van der Waals surface area (Å²) in [4.78, 5) is 12.5. The van der Waals surface area contributed by atoms with Crippen LogP contribution in [0.25, 0.3) is 0 Å². The zero-order chi connectivity index (χ0) is 19.2. The molecule has 1 heterocycles. The minimum atomic E-state index is -4.87. The average Bonchev–Trinajstić information content (AvgIpc) is 2.89. The molecular formula is C14H14F3N3O4S. The van der Waals surface area contributed by atoms with Crippen molar-refractivity contribution in [3.8, 4) is 0 Å². The van der Waals surface area contributed by atoms with Crippen LogP contribution in [0.1, 0.15) is 27.4 Å². The minimum Gasteiger partial charge on any atom is -0.408 e. The van der Waals surface area contributed by atoms with Crippen molar-refractivity contribution < 1.29 is 30.8 Å². The predicted octanol–water partition coefficient (Wildman–Crippen LogP) is 2.39. The molecule has 0 aliphatic carbocycles. The molecule has 0 radical (unpaired) electrons. The Labute approximate surface area is 141 Å². The standard InChI is InChI=1S/C14H14F3N3O4S/c1-7-9(12(21)20(3)13-19-18-8(2)24-13)5-6-10(14(15,16)17)11(7)25(4,22)23/h5-6H,1-4H3. The Bertz CT molecular complexity index is 935. The van der Waals surface area contributed by atoms with E-state index in [9.17, 15) is 26.4 Å². The van der Waals surface area contributed by atoms with Crippen molar-refractivity contribution in [2.45, 2.75) is 24.9 Å². The maximum Gasteiger partial charge on any atom is 0.417 e. The molecule has 0 saturated carbocycles. The van der Waals surface area contributed by atoms with Gasteiger partial charge in [-0.2, -0.15) is 13.2 Å². The van der Waals surface area contributed by atoms with Crippen LogP contribution in [0.3, 0.4) is 0 Å². The second-order valence-corrected chi connectivity index (χ2v) is 7.31. The van der Waals surface area contributed by atoms with Crippen molar-refractivity contribution in [2.24, 2.45) is 0 Å². The number of amides is 1. The number of aromatic nitrogens is 2. The number of hydrogen-bond donors (Lipinski definition) is 0. The molecule has 1 aromatic heterocycles. The van der Waals surface area contributed by atoms with Crippen LogP contribution in [-0.4, -0.2) is 37.8 Å². The maximum atomic E-state index is 13.1. The average molecular weight is 377 g/mol. The zero-order valence-electron chi connectivity index (χ0n) is 13.7. The molecule has 0 atom stereocenters. The summed E-state index contributed by atoms with van der Waals surface area (Å²) in [7, 11) is -2.95. The molecule has 0 aliphatic heterocycles. The summed E-state index contributed by atoms with van der Waals surface area (Å²) in [6.07, 6.45) is -4.22. The van der Waals surface area contributed by atoms with E-state index in [2.05, 4.69) is 10.2 Å². The van der Waals surface area contributed by atoms with Gasteiger partial charge >= 0.3 is 12.2 Å². The van der Waals surface area contributed by atoms with Crippen LogP contribution in [-0.2, 0) is 16.0 Å². The number of nitrogens with zero attached hydrogens (tertiary/aromatic N) is 3. The lowest BCUT2D eigenvalue weighted by atomic mass is 10.0. The molecule has 1 amide bonds. The van der Waals surface area contributed by atoms with Crippen molar-refractivity contribution in [2.75, 3.05) is 18.2 Å². The van der Waals surface area contributed by atoms with Crippen molar-refractivity contribution in [1.82, 2.24) is 10.2 Å². The lowest BCUT2D eigenvalue weighted by molar-refractivity contribution is -0.139. The molecule has 25 heavy (non-hydrogen) atoms. The number of halogens is 3. The van der Waals surface area contributed by atoms with Crippen LogP contribution in [0.15, 0.2) is 21.4 Å². The highest BCUT2D eigenvalue weighted by atomic mass is 32.2. The number of rotatable bonds is 3. The number of sulfone groups is 1. The lowest BCUT2D eigenvalue weighted by Crippen LogP contribution is -2.28. The molecule has 2 rings (SSSR count). The number of aryl methyl sites for hydroxylation is 1. The summed E-state index contributed by atoms with van der Waals surface area (Å²) < 4.78 is 68.2. The molecule has 0 bridgehead atoms. The number of carbonyl (C=O) groups excluding carboxylic acids is 1. The molecule has 0 N–H and O–H groups in total. The van der Waals surface area contributed by atoms with Gasteiger partial charge in [0.2, 0.25) is 5.89 Å². The Morgan fingerprint density at radius 2 is 1.80 bits per heavy atom. The Hall–Kier alpha value is -2.43. The summed E-state index contributed by atoms with van der Waals surface area (Å²) in [6.45, 7) is 2.64. The SMILES string of the molecule is Cc1nnc(N(C)C(=O)c2ccc(C(F)(F)F)c(S(C)(=O)=O)c2C)o1. The first-order valence-corrected chi connectivity index (χ1v) is 8.72. The van der Waals surface area contributed by atoms with Gasteiger partial charge in [-0.25, -0.2) is 8.42 Å². The van der Waals surface area contributed by atoms with Gasteiger partial charge in [-0.1, -0.05) is 5.10 Å². The molecule has 11 heteroatoms. The Morgan fingerprint density at radius 1 is 1.20 bits per heavy atom. The highest BCUT2D eigenvalue weighted by Crippen LogP contribution is 2.37. The van der Waals surface area contributed by atoms with Gasteiger partial charge in [-0.15, -0.1) is 5.10 Å². The largest absolute Gasteiger partial charge is 0.417 e. The van der Waals surface area contributed by atoms with Crippen molar-refractivity contribution in [3.63, 3.8) is 0 Å². The van der Waals surface area contributed by atoms with Gasteiger partial charge in [0, 0.05) is 25.8 Å². The summed E-state index contributed by atoms with van der Waals surface area (Å²) in [6, 6.07) is 1.33. The number of hydrogen-bond acceptors (Lipinski definition) is 6. The molecule has 0 unspecified atom stereocenters. The van der Waals surface area contributed by atoms with Gasteiger partial charge < -0.3 is 4.42 Å². The number of alkyl halides is 3. The Kier molecular flexibility index (Phi) is 4.64. The monoisotopic (exact) mass is 377 g/mol. The Balaban J connectivity index is 2.62. The number of benzene rings is 1. The normalized spacial score (nSPS) is 12.3. The van der Waals surface area contributed by atoms with Gasteiger partial charge in [0.25, 0.3) is 5.91 Å². The van der Waals surface area contributed by atoms with Crippen molar-refractivity contribution >= 4 is 21.8 Å². The van der Waals surface area contributed by atoms with Crippen LogP contribution in [0.2, 0.25) is 0 Å². The zero-order valence-corrected chi connectivity index (χ0v) is 14.5. The van der Waals surface area contributed by atoms with Crippen LogP contribution in [0, 0.1) is 13.8 Å². The van der Waals surface area contributed by atoms with Crippen molar-refractivity contribution in [1.29, 1.82) is 0 Å². The fraction of sp³-hybridized carbons (Fsp3) is 0.357. The summed E-state index contributed by atoms with van der Waals surface area (Å²) in [5, 5.41) is 7.19. The third-order valence-corrected chi connectivity index (χ3v) is 4.69. The quantitative estimate of drug-likeness (QED) is 0.815. The van der Waals surface area contributed by atoms with E-state index in [1.165, 1.54) is 14.0 Å². The molecular weight excluding hydrogens is 363 g/mol. The molecule has 2 aromatic rings. The molecule has 0 fully saturated rings. The molecule has 1 aromatic carbocycles. The highest BCUT2D eigenvalue weighted by molar-refractivity contribution is 7.90. The van der Waals surface area contributed by atoms with E-state index >= 15 is 0 Å². The van der Waals surface area contributed by atoms with E-state index in [4.69, 9.17) is 4.42 Å². The Morgan fingerprint density at radius 3 is 2.24 bits per heavy atom. The number of anilines is 1. The topological polar surface area (TPSA) is 93.4 Å². The second-order valence-electron chi connectivity index (χ2n) is 5.35. The van der Waals surface area contributed by atoms with E-state index in [0.717, 1.165) is 17.9 Å². The van der Waals surface area contributed by atoms with Gasteiger partial charge in [-0.05, 0) is 24.6 Å². The summed E-state index contributed by atoms with van der Waals surface area (Å²) in [5.41, 5.74) is -1.84. The fourth-order valence-electron chi connectivity index (χ4n) is 2.31. The first-order chi connectivity index (χ1) is 11.3. The van der Waals surface area contributed by atoms with Gasteiger partial charge in [-0.3, -0.25) is 9.69 Å².